The normalized spacial score (nSPS) is 29.1. The summed E-state index contributed by atoms with van der Waals surface area (Å²) in [6.45, 7) is 3.50. The van der Waals surface area contributed by atoms with Gasteiger partial charge in [-0.2, -0.15) is 0 Å². The molecule has 19 heavy (non-hydrogen) atoms. The average Bonchev–Trinajstić information content (AvgIpc) is 2.41. The van der Waals surface area contributed by atoms with Crippen molar-refractivity contribution in [2.24, 2.45) is 5.92 Å². The molecule has 2 N–H and O–H groups in total. The topological polar surface area (TPSA) is 69.6 Å². The first-order valence-electron chi connectivity index (χ1n) is 7.35. The highest BCUT2D eigenvalue weighted by molar-refractivity contribution is 6.35. The summed E-state index contributed by atoms with van der Waals surface area (Å²) >= 11 is 0. The van der Waals surface area contributed by atoms with Crippen LogP contribution >= 0.6 is 0 Å². The Bertz CT molecular complexity index is 338. The van der Waals surface area contributed by atoms with Crippen LogP contribution in [0.5, 0.6) is 0 Å². The third-order valence-corrected chi connectivity index (χ3v) is 4.31. The summed E-state index contributed by atoms with van der Waals surface area (Å²) in [5.74, 6) is -0.363. The molecule has 0 radical (unpaired) electrons. The highest BCUT2D eigenvalue weighted by Crippen LogP contribution is 2.19. The number of amides is 2. The number of piperidine rings is 1. The van der Waals surface area contributed by atoms with Gasteiger partial charge in [-0.3, -0.25) is 9.59 Å². The average molecular weight is 268 g/mol. The fraction of sp³-hybridized carbons (Fsp3) is 0.857. The molecule has 0 aromatic carbocycles. The Morgan fingerprint density at radius 3 is 2.37 bits per heavy atom. The molecule has 1 saturated heterocycles. The zero-order valence-corrected chi connectivity index (χ0v) is 11.6. The Morgan fingerprint density at radius 1 is 1.11 bits per heavy atom. The minimum Gasteiger partial charge on any atom is -0.391 e. The van der Waals surface area contributed by atoms with E-state index in [1.54, 1.807) is 4.90 Å². The second-order valence-corrected chi connectivity index (χ2v) is 5.91. The fourth-order valence-electron chi connectivity index (χ4n) is 2.87. The molecule has 1 heterocycles. The molecule has 2 atom stereocenters. The molecule has 0 spiro atoms. The van der Waals surface area contributed by atoms with Crippen molar-refractivity contribution in [3.63, 3.8) is 0 Å². The van der Waals surface area contributed by atoms with Crippen LogP contribution in [0.25, 0.3) is 0 Å². The van der Waals surface area contributed by atoms with Gasteiger partial charge >= 0.3 is 11.8 Å². The van der Waals surface area contributed by atoms with E-state index in [2.05, 4.69) is 12.2 Å². The molecular weight excluding hydrogens is 244 g/mol. The zero-order chi connectivity index (χ0) is 13.8. The van der Waals surface area contributed by atoms with E-state index in [0.717, 1.165) is 32.1 Å². The maximum Gasteiger partial charge on any atom is 0.311 e. The molecule has 2 rings (SSSR count). The number of carbonyl (C=O) groups is 2. The summed E-state index contributed by atoms with van der Waals surface area (Å²) in [4.78, 5) is 25.6. The molecule has 1 aliphatic carbocycles. The van der Waals surface area contributed by atoms with Gasteiger partial charge < -0.3 is 15.3 Å². The predicted octanol–water partition coefficient (Wildman–Crippen LogP) is 0.665. The van der Waals surface area contributed by atoms with Crippen molar-refractivity contribution in [2.75, 3.05) is 13.1 Å². The van der Waals surface area contributed by atoms with E-state index in [9.17, 15) is 14.7 Å². The lowest BCUT2D eigenvalue weighted by atomic mass is 9.92. The third-order valence-electron chi connectivity index (χ3n) is 4.31. The molecule has 0 bridgehead atoms. The van der Waals surface area contributed by atoms with Crippen molar-refractivity contribution in [3.8, 4) is 0 Å². The summed E-state index contributed by atoms with van der Waals surface area (Å²) in [6, 6.07) is -0.256. The summed E-state index contributed by atoms with van der Waals surface area (Å²) in [5.41, 5.74) is 0. The molecular formula is C14H24N2O3. The molecule has 1 saturated carbocycles. The summed E-state index contributed by atoms with van der Waals surface area (Å²) in [6.07, 6.45) is 4.88. The van der Waals surface area contributed by atoms with E-state index >= 15 is 0 Å². The minimum absolute atomic E-state index is 0.256. The number of likely N-dealkylation sites (tertiary alicyclic amines) is 1. The number of hydrogen-bond donors (Lipinski definition) is 2. The first-order chi connectivity index (χ1) is 9.08. The van der Waals surface area contributed by atoms with Crippen molar-refractivity contribution < 1.29 is 14.7 Å². The Balaban J connectivity index is 1.83. The fourth-order valence-corrected chi connectivity index (χ4v) is 2.87. The van der Waals surface area contributed by atoms with Gasteiger partial charge in [0, 0.05) is 13.1 Å². The van der Waals surface area contributed by atoms with Crippen LogP contribution in [0.1, 0.15) is 45.4 Å². The van der Waals surface area contributed by atoms with Gasteiger partial charge in [0.1, 0.15) is 0 Å². The molecule has 0 aromatic heterocycles. The molecule has 0 aromatic rings. The van der Waals surface area contributed by atoms with Gasteiger partial charge in [0.2, 0.25) is 0 Å². The van der Waals surface area contributed by atoms with Crippen molar-refractivity contribution in [3.05, 3.63) is 0 Å². The van der Waals surface area contributed by atoms with Crippen molar-refractivity contribution >= 4 is 11.8 Å². The van der Waals surface area contributed by atoms with Crippen LogP contribution in [0.2, 0.25) is 0 Å². The second kappa shape index (κ2) is 6.37. The van der Waals surface area contributed by atoms with E-state index in [1.165, 1.54) is 0 Å². The van der Waals surface area contributed by atoms with Gasteiger partial charge in [-0.05, 0) is 31.6 Å². The molecule has 1 aliphatic heterocycles. The van der Waals surface area contributed by atoms with E-state index in [1.807, 2.05) is 0 Å². The number of aliphatic hydroxyl groups is 1. The number of aliphatic hydroxyl groups excluding tert-OH is 1. The van der Waals surface area contributed by atoms with Crippen LogP contribution < -0.4 is 5.32 Å². The van der Waals surface area contributed by atoms with Gasteiger partial charge in [0.05, 0.1) is 12.1 Å². The number of carbonyl (C=O) groups excluding carboxylic acids is 2. The first-order valence-corrected chi connectivity index (χ1v) is 7.35. The molecule has 2 amide bonds. The number of nitrogens with zero attached hydrogens (tertiary/aromatic N) is 1. The Labute approximate surface area is 114 Å². The predicted molar refractivity (Wildman–Crippen MR) is 71.4 cm³/mol. The van der Waals surface area contributed by atoms with Crippen LogP contribution in [0, 0.1) is 5.92 Å². The van der Waals surface area contributed by atoms with E-state index in [0.29, 0.717) is 25.4 Å². The third kappa shape index (κ3) is 3.69. The molecule has 5 heteroatoms. The van der Waals surface area contributed by atoms with E-state index < -0.39 is 17.9 Å². The van der Waals surface area contributed by atoms with E-state index in [4.69, 9.17) is 0 Å². The van der Waals surface area contributed by atoms with Crippen LogP contribution in [-0.4, -0.2) is 47.1 Å². The summed E-state index contributed by atoms with van der Waals surface area (Å²) in [5, 5.41) is 12.5. The van der Waals surface area contributed by atoms with Gasteiger partial charge in [0.15, 0.2) is 0 Å². The lowest BCUT2D eigenvalue weighted by Gasteiger charge is -2.32. The monoisotopic (exact) mass is 268 g/mol. The van der Waals surface area contributed by atoms with Gasteiger partial charge in [-0.15, -0.1) is 0 Å². The SMILES string of the molecule is CC1CCN(C(=O)C(=O)N[C@@H]2CCCC[C@H]2O)CC1. The molecule has 108 valence electrons. The Morgan fingerprint density at radius 2 is 1.74 bits per heavy atom. The van der Waals surface area contributed by atoms with Crippen LogP contribution in [0.4, 0.5) is 0 Å². The lowest BCUT2D eigenvalue weighted by Crippen LogP contribution is -2.52. The standard InChI is InChI=1S/C14H24N2O3/c1-10-6-8-16(9-7-10)14(19)13(18)15-11-4-2-3-5-12(11)17/h10-12,17H,2-9H2,1H3,(H,15,18)/t11-,12-/m1/s1. The maximum atomic E-state index is 12.0. The molecule has 0 unspecified atom stereocenters. The van der Waals surface area contributed by atoms with Crippen LogP contribution in [-0.2, 0) is 9.59 Å². The largest absolute Gasteiger partial charge is 0.391 e. The zero-order valence-electron chi connectivity index (χ0n) is 11.6. The van der Waals surface area contributed by atoms with Gasteiger partial charge in [-0.1, -0.05) is 19.8 Å². The van der Waals surface area contributed by atoms with Gasteiger partial charge in [0.25, 0.3) is 0 Å². The van der Waals surface area contributed by atoms with E-state index in [-0.39, 0.29) is 6.04 Å². The summed E-state index contributed by atoms with van der Waals surface area (Å²) in [7, 11) is 0. The smallest absolute Gasteiger partial charge is 0.311 e. The molecule has 2 aliphatic rings. The number of rotatable bonds is 1. The second-order valence-electron chi connectivity index (χ2n) is 5.91. The number of hydrogen-bond acceptors (Lipinski definition) is 3. The highest BCUT2D eigenvalue weighted by atomic mass is 16.3. The van der Waals surface area contributed by atoms with Crippen molar-refractivity contribution in [1.29, 1.82) is 0 Å². The van der Waals surface area contributed by atoms with Crippen molar-refractivity contribution in [2.45, 2.75) is 57.6 Å². The quantitative estimate of drug-likeness (QED) is 0.687. The highest BCUT2D eigenvalue weighted by Gasteiger charge is 2.30. The minimum atomic E-state index is -0.555. The maximum absolute atomic E-state index is 12.0. The van der Waals surface area contributed by atoms with Crippen LogP contribution in [0.3, 0.4) is 0 Å². The molecule has 2 fully saturated rings. The number of nitrogens with one attached hydrogen (secondary N) is 1. The van der Waals surface area contributed by atoms with Gasteiger partial charge in [-0.25, -0.2) is 0 Å². The molecule has 5 nitrogen and oxygen atoms in total. The first kappa shape index (κ1) is 14.3. The Kier molecular flexibility index (Phi) is 4.80. The Hall–Kier alpha value is -1.10. The van der Waals surface area contributed by atoms with Crippen molar-refractivity contribution in [1.82, 2.24) is 10.2 Å². The lowest BCUT2D eigenvalue weighted by molar-refractivity contribution is -0.147. The summed E-state index contributed by atoms with van der Waals surface area (Å²) < 4.78 is 0. The van der Waals surface area contributed by atoms with Crippen LogP contribution in [0.15, 0.2) is 0 Å².